The molecule has 0 aliphatic rings. The van der Waals surface area contributed by atoms with Crippen molar-refractivity contribution in [2.75, 3.05) is 20.2 Å². The van der Waals surface area contributed by atoms with Gasteiger partial charge in [-0.3, -0.25) is 4.99 Å². The molecule has 0 fully saturated rings. The molecule has 0 unspecified atom stereocenters. The quantitative estimate of drug-likeness (QED) is 0.217. The lowest BCUT2D eigenvalue weighted by atomic mass is 10.2. The van der Waals surface area contributed by atoms with Crippen molar-refractivity contribution in [3.8, 4) is 17.1 Å². The normalized spacial score (nSPS) is 10.9. The summed E-state index contributed by atoms with van der Waals surface area (Å²) >= 11 is 5.99. The Kier molecular flexibility index (Phi) is 9.02. The van der Waals surface area contributed by atoms with Crippen LogP contribution >= 0.6 is 35.6 Å². The Morgan fingerprint density at radius 2 is 1.96 bits per heavy atom. The number of aromatic nitrogens is 2. The van der Waals surface area contributed by atoms with Gasteiger partial charge in [-0.15, -0.1) is 24.0 Å². The van der Waals surface area contributed by atoms with E-state index in [4.69, 9.17) is 20.9 Å². The monoisotopic (exact) mass is 513 g/mol. The first-order valence-electron chi connectivity index (χ1n) is 8.45. The third kappa shape index (κ3) is 6.68. The van der Waals surface area contributed by atoms with Crippen LogP contribution in [0.3, 0.4) is 0 Å². The summed E-state index contributed by atoms with van der Waals surface area (Å²) in [6, 6.07) is 17.0. The third-order valence-corrected chi connectivity index (χ3v) is 3.82. The topological polar surface area (TPSA) is 84.6 Å². The molecule has 0 aliphatic heterocycles. The molecule has 0 bridgehead atoms. The second-order valence-corrected chi connectivity index (χ2v) is 5.97. The number of nitrogens with zero attached hydrogens (tertiary/aromatic N) is 3. The van der Waals surface area contributed by atoms with Crippen LogP contribution in [0, 0.1) is 0 Å². The van der Waals surface area contributed by atoms with E-state index in [0.29, 0.717) is 42.4 Å². The molecule has 0 radical (unpaired) electrons. The Morgan fingerprint density at radius 1 is 1.14 bits per heavy atom. The molecule has 0 atom stereocenters. The average Bonchev–Trinajstić information content (AvgIpc) is 3.17. The van der Waals surface area contributed by atoms with Gasteiger partial charge in [0.1, 0.15) is 12.4 Å². The summed E-state index contributed by atoms with van der Waals surface area (Å²) < 4.78 is 10.9. The number of rotatable bonds is 7. The van der Waals surface area contributed by atoms with Gasteiger partial charge < -0.3 is 19.9 Å². The van der Waals surface area contributed by atoms with E-state index in [0.717, 1.165) is 11.3 Å². The van der Waals surface area contributed by atoms with Gasteiger partial charge in [0.05, 0.1) is 13.1 Å². The average molecular weight is 514 g/mol. The first-order chi connectivity index (χ1) is 13.2. The van der Waals surface area contributed by atoms with Gasteiger partial charge in [0.15, 0.2) is 5.96 Å². The van der Waals surface area contributed by atoms with Crippen LogP contribution < -0.4 is 15.4 Å². The highest BCUT2D eigenvalue weighted by molar-refractivity contribution is 14.0. The standard InChI is InChI=1S/C19H20ClN5O2.HI/c1-21-19(22-10-11-26-16-8-3-2-4-9-16)23-13-17-24-18(25-27-17)14-6-5-7-15(20)12-14;/h2-9,12H,10-11,13H2,1H3,(H2,21,22,23);1H. The molecule has 0 aliphatic carbocycles. The van der Waals surface area contributed by atoms with Gasteiger partial charge >= 0.3 is 0 Å². The highest BCUT2D eigenvalue weighted by Gasteiger charge is 2.09. The summed E-state index contributed by atoms with van der Waals surface area (Å²) in [6.45, 7) is 1.48. The fourth-order valence-corrected chi connectivity index (χ4v) is 2.50. The molecule has 7 nitrogen and oxygen atoms in total. The molecule has 9 heteroatoms. The molecular formula is C19H21ClIN5O2. The molecule has 0 amide bonds. The summed E-state index contributed by atoms with van der Waals surface area (Å²) in [7, 11) is 1.69. The zero-order valence-corrected chi connectivity index (χ0v) is 18.3. The van der Waals surface area contributed by atoms with Gasteiger partial charge in [-0.1, -0.05) is 47.1 Å². The van der Waals surface area contributed by atoms with Crippen LogP contribution in [-0.2, 0) is 6.54 Å². The van der Waals surface area contributed by atoms with Crippen molar-refractivity contribution in [1.29, 1.82) is 0 Å². The van der Waals surface area contributed by atoms with Crippen LogP contribution in [0.4, 0.5) is 0 Å². The summed E-state index contributed by atoms with van der Waals surface area (Å²) in [5.41, 5.74) is 0.804. The van der Waals surface area contributed by atoms with Crippen LogP contribution in [0.15, 0.2) is 64.1 Å². The van der Waals surface area contributed by atoms with E-state index in [9.17, 15) is 0 Å². The number of aliphatic imine (C=N–C) groups is 1. The molecule has 0 saturated heterocycles. The fourth-order valence-electron chi connectivity index (χ4n) is 2.31. The fraction of sp³-hybridized carbons (Fsp3) is 0.211. The second kappa shape index (κ2) is 11.5. The molecule has 1 aromatic heterocycles. The Hall–Kier alpha value is -2.33. The molecular weight excluding hydrogens is 493 g/mol. The highest BCUT2D eigenvalue weighted by Crippen LogP contribution is 2.19. The maximum absolute atomic E-state index is 5.99. The molecule has 3 aromatic rings. The van der Waals surface area contributed by atoms with E-state index in [1.54, 1.807) is 19.2 Å². The van der Waals surface area contributed by atoms with Crippen LogP contribution in [0.25, 0.3) is 11.4 Å². The first-order valence-corrected chi connectivity index (χ1v) is 8.83. The van der Waals surface area contributed by atoms with Crippen molar-refractivity contribution >= 4 is 41.5 Å². The number of nitrogens with one attached hydrogen (secondary N) is 2. The lowest BCUT2D eigenvalue weighted by molar-refractivity contribution is 0.321. The van der Waals surface area contributed by atoms with E-state index < -0.39 is 0 Å². The van der Waals surface area contributed by atoms with Crippen LogP contribution in [0.2, 0.25) is 5.02 Å². The maximum Gasteiger partial charge on any atom is 0.246 e. The lowest BCUT2D eigenvalue weighted by Crippen LogP contribution is -2.38. The Morgan fingerprint density at radius 3 is 2.71 bits per heavy atom. The number of hydrogen-bond acceptors (Lipinski definition) is 5. The third-order valence-electron chi connectivity index (χ3n) is 3.59. The molecule has 2 N–H and O–H groups in total. The molecule has 2 aromatic carbocycles. The van der Waals surface area contributed by atoms with Crippen LogP contribution in [-0.4, -0.2) is 36.3 Å². The van der Waals surface area contributed by atoms with E-state index in [-0.39, 0.29) is 24.0 Å². The lowest BCUT2D eigenvalue weighted by Gasteiger charge is -2.11. The first kappa shape index (κ1) is 22.0. The van der Waals surface area contributed by atoms with Gasteiger partial charge in [-0.2, -0.15) is 4.98 Å². The largest absolute Gasteiger partial charge is 0.492 e. The highest BCUT2D eigenvalue weighted by atomic mass is 127. The zero-order chi connectivity index (χ0) is 18.9. The van der Waals surface area contributed by atoms with E-state index in [1.165, 1.54) is 0 Å². The predicted octanol–water partition coefficient (Wildman–Crippen LogP) is 3.75. The van der Waals surface area contributed by atoms with Crippen LogP contribution in [0.5, 0.6) is 5.75 Å². The Balaban J connectivity index is 0.00000280. The summed E-state index contributed by atoms with van der Waals surface area (Å²) in [5, 5.41) is 10.9. The zero-order valence-electron chi connectivity index (χ0n) is 15.3. The number of benzene rings is 2. The summed E-state index contributed by atoms with van der Waals surface area (Å²) in [4.78, 5) is 8.51. The van der Waals surface area contributed by atoms with E-state index >= 15 is 0 Å². The van der Waals surface area contributed by atoms with Crippen molar-refractivity contribution in [2.45, 2.75) is 6.54 Å². The van der Waals surface area contributed by atoms with Crippen molar-refractivity contribution in [1.82, 2.24) is 20.8 Å². The smallest absolute Gasteiger partial charge is 0.246 e. The molecule has 0 saturated carbocycles. The van der Waals surface area contributed by atoms with Crippen molar-refractivity contribution < 1.29 is 9.26 Å². The number of guanidine groups is 1. The predicted molar refractivity (Wildman–Crippen MR) is 120 cm³/mol. The maximum atomic E-state index is 5.99. The Bertz CT molecular complexity index is 889. The molecule has 28 heavy (non-hydrogen) atoms. The van der Waals surface area contributed by atoms with Gasteiger partial charge in [0.25, 0.3) is 0 Å². The molecule has 0 spiro atoms. The number of para-hydroxylation sites is 1. The van der Waals surface area contributed by atoms with Crippen LogP contribution in [0.1, 0.15) is 5.89 Å². The molecule has 148 valence electrons. The summed E-state index contributed by atoms with van der Waals surface area (Å²) in [6.07, 6.45) is 0. The van der Waals surface area contributed by atoms with Crippen molar-refractivity contribution in [3.05, 3.63) is 65.5 Å². The Labute approximate surface area is 185 Å². The van der Waals surface area contributed by atoms with E-state index in [1.807, 2.05) is 42.5 Å². The van der Waals surface area contributed by atoms with Gasteiger partial charge in [-0.25, -0.2) is 0 Å². The minimum Gasteiger partial charge on any atom is -0.492 e. The SMILES string of the molecule is CN=C(NCCOc1ccccc1)NCc1nc(-c2cccc(Cl)c2)no1.I. The molecule has 1 heterocycles. The minimum absolute atomic E-state index is 0. The van der Waals surface area contributed by atoms with Gasteiger partial charge in [0, 0.05) is 17.6 Å². The summed E-state index contributed by atoms with van der Waals surface area (Å²) in [5.74, 6) is 2.40. The number of ether oxygens (including phenoxy) is 1. The number of hydrogen-bond donors (Lipinski definition) is 2. The van der Waals surface area contributed by atoms with Gasteiger partial charge in [0.2, 0.25) is 11.7 Å². The number of halogens is 2. The van der Waals surface area contributed by atoms with Crippen molar-refractivity contribution in [2.24, 2.45) is 4.99 Å². The van der Waals surface area contributed by atoms with Gasteiger partial charge in [-0.05, 0) is 24.3 Å². The molecule has 3 rings (SSSR count). The van der Waals surface area contributed by atoms with E-state index in [2.05, 4.69) is 25.8 Å². The van der Waals surface area contributed by atoms with Crippen molar-refractivity contribution in [3.63, 3.8) is 0 Å². The minimum atomic E-state index is 0. The second-order valence-electron chi connectivity index (χ2n) is 5.54.